The van der Waals surface area contributed by atoms with Crippen LogP contribution in [-0.4, -0.2) is 23.5 Å². The fourth-order valence-electron chi connectivity index (χ4n) is 2.26. The van der Waals surface area contributed by atoms with Crippen LogP contribution in [0.4, 0.5) is 0 Å². The zero-order chi connectivity index (χ0) is 16.2. The summed E-state index contributed by atoms with van der Waals surface area (Å²) in [4.78, 5) is 16.5. The number of carbonyl (C=O) groups is 1. The fourth-order valence-corrected chi connectivity index (χ4v) is 2.52. The number of rotatable bonds is 6. The average Bonchev–Trinajstić information content (AvgIpc) is 3.40. The minimum atomic E-state index is -0.221. The molecule has 3 N–H and O–H groups in total. The van der Waals surface area contributed by atoms with Crippen LogP contribution in [0.1, 0.15) is 23.2 Å². The maximum absolute atomic E-state index is 12.4. The van der Waals surface area contributed by atoms with Crippen molar-refractivity contribution >= 4 is 21.8 Å². The van der Waals surface area contributed by atoms with Crippen LogP contribution in [0.15, 0.2) is 47.1 Å². The topological polar surface area (TPSA) is 77.2 Å². The Morgan fingerprint density at radius 2 is 2.09 bits per heavy atom. The summed E-state index contributed by atoms with van der Waals surface area (Å²) >= 11 is 3.37. The number of aromatic nitrogens is 1. The number of hydrogen-bond donors (Lipinski definition) is 2. The predicted octanol–water partition coefficient (Wildman–Crippen LogP) is 3.10. The van der Waals surface area contributed by atoms with Gasteiger partial charge in [0.1, 0.15) is 11.3 Å². The van der Waals surface area contributed by atoms with Gasteiger partial charge < -0.3 is 15.8 Å². The van der Waals surface area contributed by atoms with Gasteiger partial charge >= 0.3 is 0 Å². The van der Waals surface area contributed by atoms with Crippen LogP contribution >= 0.6 is 15.9 Å². The van der Waals surface area contributed by atoms with E-state index in [1.807, 2.05) is 24.3 Å². The summed E-state index contributed by atoms with van der Waals surface area (Å²) in [6, 6.07) is 10.8. The number of nitrogens with two attached hydrogens (primary N) is 1. The fraction of sp³-hybridized carbons (Fsp3) is 0.294. The molecule has 2 aromatic rings. The van der Waals surface area contributed by atoms with Crippen molar-refractivity contribution in [2.75, 3.05) is 6.54 Å². The monoisotopic (exact) mass is 375 g/mol. The Balaban J connectivity index is 1.69. The predicted molar refractivity (Wildman–Crippen MR) is 91.5 cm³/mol. The lowest BCUT2D eigenvalue weighted by Crippen LogP contribution is -2.38. The number of ether oxygens (including phenoxy) is 1. The largest absolute Gasteiger partial charge is 0.438 e. The zero-order valence-corrected chi connectivity index (χ0v) is 14.1. The van der Waals surface area contributed by atoms with Crippen LogP contribution in [0, 0.1) is 5.92 Å². The molecule has 1 aromatic heterocycles. The summed E-state index contributed by atoms with van der Waals surface area (Å²) in [6.45, 7) is 0.468. The van der Waals surface area contributed by atoms with Gasteiger partial charge in [-0.25, -0.2) is 4.98 Å². The maximum atomic E-state index is 12.4. The quantitative estimate of drug-likeness (QED) is 0.812. The molecule has 0 aliphatic heterocycles. The summed E-state index contributed by atoms with van der Waals surface area (Å²) in [5.41, 5.74) is 6.42. The first kappa shape index (κ1) is 16.0. The molecule has 1 fully saturated rings. The molecule has 0 bridgehead atoms. The van der Waals surface area contributed by atoms with Crippen LogP contribution in [0.5, 0.6) is 11.6 Å². The average molecular weight is 376 g/mol. The Bertz CT molecular complexity index is 686. The molecular weight excluding hydrogens is 358 g/mol. The molecular formula is C17H18BrN3O2. The van der Waals surface area contributed by atoms with Gasteiger partial charge in [0.25, 0.3) is 5.91 Å². The van der Waals surface area contributed by atoms with Crippen molar-refractivity contribution in [1.29, 1.82) is 0 Å². The third-order valence-electron chi connectivity index (χ3n) is 3.77. The minimum Gasteiger partial charge on any atom is -0.438 e. The molecule has 3 rings (SSSR count). The summed E-state index contributed by atoms with van der Waals surface area (Å²) in [7, 11) is 0. The van der Waals surface area contributed by atoms with E-state index in [1.54, 1.807) is 18.3 Å². The van der Waals surface area contributed by atoms with Crippen LogP contribution in [0.2, 0.25) is 0 Å². The second-order valence-electron chi connectivity index (χ2n) is 5.62. The summed E-state index contributed by atoms with van der Waals surface area (Å²) in [5.74, 6) is 1.23. The molecule has 0 radical (unpaired) electrons. The highest BCUT2D eigenvalue weighted by Gasteiger charge is 2.28. The van der Waals surface area contributed by atoms with Gasteiger partial charge in [-0.2, -0.15) is 0 Å². The van der Waals surface area contributed by atoms with Crippen LogP contribution in [0.25, 0.3) is 0 Å². The molecule has 1 heterocycles. The Morgan fingerprint density at radius 3 is 2.78 bits per heavy atom. The van der Waals surface area contributed by atoms with E-state index in [0.717, 1.165) is 17.3 Å². The van der Waals surface area contributed by atoms with Gasteiger partial charge in [0, 0.05) is 23.3 Å². The summed E-state index contributed by atoms with van der Waals surface area (Å²) in [5, 5.41) is 2.86. The molecule has 0 saturated heterocycles. The molecule has 0 spiro atoms. The van der Waals surface area contributed by atoms with Crippen molar-refractivity contribution in [2.24, 2.45) is 11.7 Å². The highest BCUT2D eigenvalue weighted by molar-refractivity contribution is 9.10. The number of halogens is 1. The van der Waals surface area contributed by atoms with Crippen molar-refractivity contribution in [1.82, 2.24) is 10.3 Å². The van der Waals surface area contributed by atoms with Gasteiger partial charge in [-0.3, -0.25) is 4.79 Å². The van der Waals surface area contributed by atoms with Gasteiger partial charge in [0.05, 0.1) is 0 Å². The van der Waals surface area contributed by atoms with E-state index >= 15 is 0 Å². The Kier molecular flexibility index (Phi) is 4.93. The van der Waals surface area contributed by atoms with Crippen LogP contribution in [-0.2, 0) is 0 Å². The molecule has 1 unspecified atom stereocenters. The number of amides is 1. The van der Waals surface area contributed by atoms with Gasteiger partial charge in [0.15, 0.2) is 0 Å². The molecule has 1 aromatic carbocycles. The van der Waals surface area contributed by atoms with E-state index in [9.17, 15) is 4.79 Å². The van der Waals surface area contributed by atoms with Crippen molar-refractivity contribution < 1.29 is 9.53 Å². The minimum absolute atomic E-state index is 0.0199. The number of hydrogen-bond acceptors (Lipinski definition) is 4. The van der Waals surface area contributed by atoms with Crippen molar-refractivity contribution in [3.8, 4) is 11.6 Å². The lowest BCUT2D eigenvalue weighted by molar-refractivity contribution is 0.0947. The highest BCUT2D eigenvalue weighted by Crippen LogP contribution is 2.31. The Morgan fingerprint density at radius 1 is 1.35 bits per heavy atom. The standard InChI is InChI=1S/C17H18BrN3O2/c18-12-5-7-13(8-6-12)23-17-14(2-1-9-20-17)16(22)21-10-15(19)11-3-4-11/h1-2,5-9,11,15H,3-4,10,19H2,(H,21,22). The summed E-state index contributed by atoms with van der Waals surface area (Å²) in [6.07, 6.45) is 3.91. The van der Waals surface area contributed by atoms with Gasteiger partial charge in [-0.15, -0.1) is 0 Å². The van der Waals surface area contributed by atoms with Gasteiger partial charge in [-0.05, 0) is 55.2 Å². The molecule has 1 amide bonds. The smallest absolute Gasteiger partial charge is 0.256 e. The highest BCUT2D eigenvalue weighted by atomic mass is 79.9. The van der Waals surface area contributed by atoms with Gasteiger partial charge in [0.2, 0.25) is 5.88 Å². The van der Waals surface area contributed by atoms with E-state index in [0.29, 0.717) is 23.8 Å². The number of carbonyl (C=O) groups excluding carboxylic acids is 1. The molecule has 6 heteroatoms. The first-order chi connectivity index (χ1) is 11.1. The third kappa shape index (κ3) is 4.30. The summed E-state index contributed by atoms with van der Waals surface area (Å²) < 4.78 is 6.68. The zero-order valence-electron chi connectivity index (χ0n) is 12.5. The third-order valence-corrected chi connectivity index (χ3v) is 4.30. The molecule has 1 atom stereocenters. The molecule has 5 nitrogen and oxygen atoms in total. The van der Waals surface area contributed by atoms with E-state index < -0.39 is 0 Å². The lowest BCUT2D eigenvalue weighted by atomic mass is 10.2. The second-order valence-corrected chi connectivity index (χ2v) is 6.54. The van der Waals surface area contributed by atoms with Gasteiger partial charge in [-0.1, -0.05) is 15.9 Å². The molecule has 23 heavy (non-hydrogen) atoms. The number of nitrogens with zero attached hydrogens (tertiary/aromatic N) is 1. The molecule has 1 aliphatic rings. The maximum Gasteiger partial charge on any atom is 0.256 e. The first-order valence-corrected chi connectivity index (χ1v) is 8.35. The van der Waals surface area contributed by atoms with E-state index in [1.165, 1.54) is 0 Å². The Labute approximate surface area is 143 Å². The first-order valence-electron chi connectivity index (χ1n) is 7.55. The van der Waals surface area contributed by atoms with Crippen LogP contribution in [0.3, 0.4) is 0 Å². The normalized spacial score (nSPS) is 15.0. The molecule has 1 saturated carbocycles. The van der Waals surface area contributed by atoms with E-state index in [-0.39, 0.29) is 17.8 Å². The number of pyridine rings is 1. The van der Waals surface area contributed by atoms with Crippen molar-refractivity contribution in [2.45, 2.75) is 18.9 Å². The molecule has 1 aliphatic carbocycles. The SMILES string of the molecule is NC(CNC(=O)c1cccnc1Oc1ccc(Br)cc1)C1CC1. The van der Waals surface area contributed by atoms with E-state index in [4.69, 9.17) is 10.5 Å². The van der Waals surface area contributed by atoms with Crippen LogP contribution < -0.4 is 15.8 Å². The number of benzene rings is 1. The molecule has 120 valence electrons. The number of nitrogens with one attached hydrogen (secondary N) is 1. The Hall–Kier alpha value is -1.92. The van der Waals surface area contributed by atoms with E-state index in [2.05, 4.69) is 26.2 Å². The lowest BCUT2D eigenvalue weighted by Gasteiger charge is -2.13. The van der Waals surface area contributed by atoms with Crippen molar-refractivity contribution in [3.63, 3.8) is 0 Å². The second kappa shape index (κ2) is 7.10. The van der Waals surface area contributed by atoms with Crippen molar-refractivity contribution in [3.05, 3.63) is 52.6 Å².